The van der Waals surface area contributed by atoms with Gasteiger partial charge in [-0.15, -0.1) is 11.8 Å². The van der Waals surface area contributed by atoms with Gasteiger partial charge >= 0.3 is 0 Å². The van der Waals surface area contributed by atoms with Gasteiger partial charge in [-0.1, -0.05) is 42.5 Å². The van der Waals surface area contributed by atoms with E-state index in [9.17, 15) is 0 Å². The molecule has 0 spiro atoms. The number of nitrogens with zero attached hydrogens (tertiary/aromatic N) is 1. The summed E-state index contributed by atoms with van der Waals surface area (Å²) in [7, 11) is 0. The summed E-state index contributed by atoms with van der Waals surface area (Å²) in [6.07, 6.45) is 0. The highest BCUT2D eigenvalue weighted by atomic mass is 127. The van der Waals surface area contributed by atoms with Crippen molar-refractivity contribution in [2.45, 2.75) is 13.5 Å². The van der Waals surface area contributed by atoms with E-state index in [0.717, 1.165) is 38.0 Å². The zero-order chi connectivity index (χ0) is 18.6. The van der Waals surface area contributed by atoms with Crippen molar-refractivity contribution < 1.29 is 9.47 Å². The maximum Gasteiger partial charge on any atom is 0.175 e. The van der Waals surface area contributed by atoms with Crippen LogP contribution in [0.2, 0.25) is 0 Å². The number of thioether (sulfide) groups is 1. The topological polar surface area (TPSA) is 30.8 Å². The predicted molar refractivity (Wildman–Crippen MR) is 122 cm³/mol. The normalized spacial score (nSPS) is 13.6. The van der Waals surface area contributed by atoms with E-state index in [-0.39, 0.29) is 0 Å². The summed E-state index contributed by atoms with van der Waals surface area (Å²) in [5.41, 5.74) is 2.29. The summed E-state index contributed by atoms with van der Waals surface area (Å²) in [5, 5.41) is 3.54. The monoisotopic (exact) mass is 489 g/mol. The number of halogens is 1. The second-order valence-electron chi connectivity index (χ2n) is 6.18. The summed E-state index contributed by atoms with van der Waals surface area (Å²) in [4.78, 5) is 4.59. The third-order valence-electron chi connectivity index (χ3n) is 4.39. The van der Waals surface area contributed by atoms with E-state index in [4.69, 9.17) is 9.47 Å². The fourth-order valence-electron chi connectivity index (χ4n) is 3.17. The molecule has 1 aliphatic rings. The molecule has 3 nitrogen and oxygen atoms in total. The zero-order valence-corrected chi connectivity index (χ0v) is 18.0. The summed E-state index contributed by atoms with van der Waals surface area (Å²) >= 11 is 4.13. The lowest BCUT2D eigenvalue weighted by atomic mass is 10.1. The van der Waals surface area contributed by atoms with Crippen molar-refractivity contribution in [3.8, 4) is 11.5 Å². The van der Waals surface area contributed by atoms with Crippen molar-refractivity contribution in [3.63, 3.8) is 0 Å². The molecule has 0 saturated heterocycles. The lowest BCUT2D eigenvalue weighted by molar-refractivity contribution is 0.268. The molecule has 3 aromatic carbocycles. The van der Waals surface area contributed by atoms with Gasteiger partial charge in [0.15, 0.2) is 11.5 Å². The quantitative estimate of drug-likeness (QED) is 0.403. The first-order valence-electron chi connectivity index (χ1n) is 8.99. The molecule has 0 N–H and O–H groups in total. The van der Waals surface area contributed by atoms with E-state index in [0.29, 0.717) is 13.2 Å². The van der Waals surface area contributed by atoms with E-state index in [1.807, 2.05) is 6.92 Å². The minimum absolute atomic E-state index is 0.506. The van der Waals surface area contributed by atoms with Crippen LogP contribution in [0.5, 0.6) is 11.5 Å². The fourth-order valence-corrected chi connectivity index (χ4v) is 4.77. The van der Waals surface area contributed by atoms with Crippen LogP contribution in [0, 0.1) is 3.57 Å². The Morgan fingerprint density at radius 2 is 1.93 bits per heavy atom. The number of aliphatic imine (C=N–C) groups is 1. The number of benzene rings is 3. The standard InChI is InChI=1S/C22H20INO2S/c1-2-25-20-13-17(22-24-10-11-27-22)12-19(23)21(20)26-14-16-8-5-7-15-6-3-4-9-18(15)16/h3-9,12-13H,2,10-11,14H2,1H3. The molecule has 0 amide bonds. The maximum atomic E-state index is 6.25. The Morgan fingerprint density at radius 1 is 1.07 bits per heavy atom. The third kappa shape index (κ3) is 4.09. The Bertz CT molecular complexity index is 998. The summed E-state index contributed by atoms with van der Waals surface area (Å²) in [5.74, 6) is 2.64. The van der Waals surface area contributed by atoms with Crippen LogP contribution in [0.15, 0.2) is 59.6 Å². The molecule has 0 aromatic heterocycles. The minimum atomic E-state index is 0.506. The molecule has 1 heterocycles. The van der Waals surface area contributed by atoms with Crippen LogP contribution in [0.1, 0.15) is 18.1 Å². The molecule has 4 rings (SSSR count). The molecule has 0 atom stereocenters. The third-order valence-corrected chi connectivity index (χ3v) is 6.22. The van der Waals surface area contributed by atoms with Crippen molar-refractivity contribution in [1.82, 2.24) is 0 Å². The van der Waals surface area contributed by atoms with Crippen LogP contribution in [-0.2, 0) is 6.61 Å². The van der Waals surface area contributed by atoms with Gasteiger partial charge < -0.3 is 9.47 Å². The summed E-state index contributed by atoms with van der Waals surface area (Å²) in [6.45, 7) is 3.99. The highest BCUT2D eigenvalue weighted by molar-refractivity contribution is 14.1. The highest BCUT2D eigenvalue weighted by Gasteiger charge is 2.17. The van der Waals surface area contributed by atoms with Gasteiger partial charge in [0.1, 0.15) is 6.61 Å². The van der Waals surface area contributed by atoms with Crippen molar-refractivity contribution in [1.29, 1.82) is 0 Å². The van der Waals surface area contributed by atoms with Crippen LogP contribution >= 0.6 is 34.4 Å². The number of hydrogen-bond donors (Lipinski definition) is 0. The first-order chi connectivity index (χ1) is 13.3. The average molecular weight is 489 g/mol. The predicted octanol–water partition coefficient (Wildman–Crippen LogP) is 5.92. The van der Waals surface area contributed by atoms with Crippen LogP contribution in [-0.4, -0.2) is 23.9 Å². The molecule has 138 valence electrons. The van der Waals surface area contributed by atoms with Gasteiger partial charge in [0.25, 0.3) is 0 Å². The second-order valence-corrected chi connectivity index (χ2v) is 8.43. The van der Waals surface area contributed by atoms with E-state index in [1.54, 1.807) is 11.8 Å². The first kappa shape index (κ1) is 18.6. The Hall–Kier alpha value is -1.73. The Morgan fingerprint density at radius 3 is 2.74 bits per heavy atom. The molecule has 5 heteroatoms. The van der Waals surface area contributed by atoms with Gasteiger partial charge in [-0.05, 0) is 58.0 Å². The Kier molecular flexibility index (Phi) is 5.88. The van der Waals surface area contributed by atoms with Crippen LogP contribution < -0.4 is 9.47 Å². The molecule has 0 aliphatic carbocycles. The fraction of sp³-hybridized carbons (Fsp3) is 0.227. The van der Waals surface area contributed by atoms with Crippen molar-refractivity contribution in [2.24, 2.45) is 4.99 Å². The maximum absolute atomic E-state index is 6.25. The van der Waals surface area contributed by atoms with Crippen molar-refractivity contribution in [3.05, 3.63) is 69.3 Å². The van der Waals surface area contributed by atoms with E-state index in [2.05, 4.69) is 82.2 Å². The van der Waals surface area contributed by atoms with Crippen molar-refractivity contribution in [2.75, 3.05) is 18.9 Å². The molecule has 0 unspecified atom stereocenters. The van der Waals surface area contributed by atoms with Gasteiger partial charge in [0, 0.05) is 17.9 Å². The van der Waals surface area contributed by atoms with Gasteiger partial charge in [-0.25, -0.2) is 0 Å². The van der Waals surface area contributed by atoms with Gasteiger partial charge in [0.05, 0.1) is 15.2 Å². The lowest BCUT2D eigenvalue weighted by Gasteiger charge is -2.16. The molecule has 0 radical (unpaired) electrons. The number of hydrogen-bond acceptors (Lipinski definition) is 4. The largest absolute Gasteiger partial charge is 0.490 e. The number of rotatable bonds is 6. The molecule has 1 aliphatic heterocycles. The lowest BCUT2D eigenvalue weighted by Crippen LogP contribution is -2.04. The van der Waals surface area contributed by atoms with E-state index in [1.165, 1.54) is 16.3 Å². The molecular formula is C22H20INO2S. The van der Waals surface area contributed by atoms with Crippen molar-refractivity contribution >= 4 is 50.2 Å². The van der Waals surface area contributed by atoms with Gasteiger partial charge in [-0.3, -0.25) is 4.99 Å². The summed E-state index contributed by atoms with van der Waals surface area (Å²) in [6, 6.07) is 18.9. The van der Waals surface area contributed by atoms with Crippen LogP contribution in [0.4, 0.5) is 0 Å². The van der Waals surface area contributed by atoms with Crippen LogP contribution in [0.25, 0.3) is 10.8 Å². The SMILES string of the molecule is CCOc1cc(C2=NCCS2)cc(I)c1OCc1cccc2ccccc12. The highest BCUT2D eigenvalue weighted by Crippen LogP contribution is 2.37. The number of fused-ring (bicyclic) bond motifs is 1. The summed E-state index contributed by atoms with van der Waals surface area (Å²) < 4.78 is 13.2. The van der Waals surface area contributed by atoms with Gasteiger partial charge in [-0.2, -0.15) is 0 Å². The Balaban J connectivity index is 1.64. The first-order valence-corrected chi connectivity index (χ1v) is 11.1. The van der Waals surface area contributed by atoms with E-state index < -0.39 is 0 Å². The second kappa shape index (κ2) is 8.52. The Labute approximate surface area is 177 Å². The smallest absolute Gasteiger partial charge is 0.175 e. The molecule has 27 heavy (non-hydrogen) atoms. The molecule has 0 saturated carbocycles. The average Bonchev–Trinajstić information content (AvgIpc) is 3.22. The number of ether oxygens (including phenoxy) is 2. The molecule has 3 aromatic rings. The van der Waals surface area contributed by atoms with E-state index >= 15 is 0 Å². The molecule has 0 fully saturated rings. The zero-order valence-electron chi connectivity index (χ0n) is 15.1. The molecule has 0 bridgehead atoms. The minimum Gasteiger partial charge on any atom is -0.490 e. The molecular weight excluding hydrogens is 469 g/mol. The van der Waals surface area contributed by atoms with Crippen LogP contribution in [0.3, 0.4) is 0 Å². The van der Waals surface area contributed by atoms with Gasteiger partial charge in [0.2, 0.25) is 0 Å².